The van der Waals surface area contributed by atoms with Crippen molar-refractivity contribution in [3.05, 3.63) is 82.5 Å². The second-order valence-electron chi connectivity index (χ2n) is 19.8. The molecule has 10 atom stereocenters. The van der Waals surface area contributed by atoms with Crippen molar-refractivity contribution in [2.24, 2.45) is 5.92 Å². The van der Waals surface area contributed by atoms with Crippen LogP contribution in [0.3, 0.4) is 0 Å². The number of anilines is 1. The first-order chi connectivity index (χ1) is 35.5. The fraction of sp³-hybridized carbons (Fsp3) is 0.547. The highest BCUT2D eigenvalue weighted by molar-refractivity contribution is 6.35. The number of ketones is 1. The molecule has 22 heteroatoms. The van der Waals surface area contributed by atoms with Crippen molar-refractivity contribution in [2.45, 2.75) is 133 Å². The van der Waals surface area contributed by atoms with Crippen LogP contribution in [0.15, 0.2) is 66.3 Å². The third kappa shape index (κ3) is 13.6. The third-order valence-electron chi connectivity index (χ3n) is 14.5. The van der Waals surface area contributed by atoms with Gasteiger partial charge in [0.2, 0.25) is 11.8 Å². The molecule has 6 rings (SSSR count). The van der Waals surface area contributed by atoms with Crippen molar-refractivity contribution in [1.82, 2.24) is 30.5 Å². The third-order valence-corrected chi connectivity index (χ3v) is 14.9. The molecule has 3 aliphatic rings. The van der Waals surface area contributed by atoms with Crippen LogP contribution in [0.25, 0.3) is 10.9 Å². The number of carbonyl (C=O) groups is 6. The molecule has 3 aliphatic heterocycles. The number of amides is 4. The number of epoxide rings is 1. The number of carbonyl (C=O) groups excluding carboxylic acids is 6. The molecule has 6 N–H and O–H groups in total. The number of aromatic nitrogens is 1. The normalized spacial score (nSPS) is 26.4. The summed E-state index contributed by atoms with van der Waals surface area (Å²) in [5, 5.41) is 42.0. The monoisotopic (exact) mass is 1070 g/mol. The number of alkyl carbamates (subject to hydrolysis) is 1. The van der Waals surface area contributed by atoms with Gasteiger partial charge in [0.1, 0.15) is 46.8 Å². The minimum atomic E-state index is -2.26. The molecule has 0 unspecified atom stereocenters. The molecule has 0 saturated carbocycles. The number of benzene rings is 2. The average molecular weight is 1070 g/mol. The van der Waals surface area contributed by atoms with Crippen LogP contribution in [0.2, 0.25) is 5.02 Å². The zero-order valence-electron chi connectivity index (χ0n) is 44.3. The van der Waals surface area contributed by atoms with E-state index in [1.165, 1.54) is 40.1 Å². The Balaban J connectivity index is 1.12. The van der Waals surface area contributed by atoms with E-state index >= 15 is 0 Å². The van der Waals surface area contributed by atoms with Crippen LogP contribution in [-0.4, -0.2) is 168 Å². The van der Waals surface area contributed by atoms with E-state index in [0.29, 0.717) is 30.9 Å². The summed E-state index contributed by atoms with van der Waals surface area (Å²) in [5.74, 6) is -4.21. The SMILES string of the molecule is CNN(C)Cc1cc2ccccc2n1CCC(=O)NCCCC(=O)[C@H](O)[C@H](O)C(=O)N(C)[C@@H](C)C(=O)O[C@H]1CC(=O)N(C)c2cc(cc(OC)c2Cl)C/C(C)=C/C=C/[C@@H](OC)[C@@]2(O)C[C@H](OC(=O)N2)[C@@H](C)[C@@H]2O[C@@]12C. The molecule has 4 amide bonds. The fourth-order valence-corrected chi connectivity index (χ4v) is 9.95. The summed E-state index contributed by atoms with van der Waals surface area (Å²) in [6.07, 6.45) is -4.56. The van der Waals surface area contributed by atoms with Crippen molar-refractivity contribution in [2.75, 3.05) is 53.9 Å². The first-order valence-electron chi connectivity index (χ1n) is 24.9. The van der Waals surface area contributed by atoms with Crippen LogP contribution in [0.4, 0.5) is 10.5 Å². The van der Waals surface area contributed by atoms with E-state index in [9.17, 15) is 44.1 Å². The van der Waals surface area contributed by atoms with Gasteiger partial charge in [-0.15, -0.1) is 0 Å². The molecule has 0 aliphatic carbocycles. The molecular weight excluding hydrogens is 994 g/mol. The van der Waals surface area contributed by atoms with Crippen LogP contribution < -0.4 is 25.7 Å². The first-order valence-corrected chi connectivity index (χ1v) is 25.3. The predicted octanol–water partition coefficient (Wildman–Crippen LogP) is 3.31. The van der Waals surface area contributed by atoms with Gasteiger partial charge in [0.25, 0.3) is 5.91 Å². The minimum Gasteiger partial charge on any atom is -0.495 e. The summed E-state index contributed by atoms with van der Waals surface area (Å²) in [6.45, 7) is 7.64. The maximum Gasteiger partial charge on any atom is 0.409 e. The standard InChI is InChI=1S/C53H72ClN7O14/c1-30-15-13-19-41(72-10)53(70)28-40(73-51(69)57-53)31(2)48-52(4,75-48)42(27-44(64)60(8)37-24-33(23-30)25-39(71-9)45(37)54)74-50(68)32(3)59(7)49(67)47(66)46(65)38(62)18-14-21-56-43(63)20-22-61-35(29-58(6)55-5)26-34-16-11-12-17-36(34)61/h11-13,15-17,19,24-26,31-32,40-42,46-48,55,65-66,70H,14,18,20-23,27-29H2,1-10H3,(H,56,63)(H,57,69)/b19-13+,30-15+/t31-,32+,40+,41-,42+,46+,47+,48+,52+,53+/m1/s1. The molecule has 4 heterocycles. The van der Waals surface area contributed by atoms with E-state index in [0.717, 1.165) is 32.6 Å². The molecule has 410 valence electrons. The number of para-hydroxylation sites is 1. The summed E-state index contributed by atoms with van der Waals surface area (Å²) in [5.41, 5.74) is 3.68. The summed E-state index contributed by atoms with van der Waals surface area (Å²) in [7, 11) is 9.26. The Morgan fingerprint density at radius 2 is 1.79 bits per heavy atom. The summed E-state index contributed by atoms with van der Waals surface area (Å²) in [6, 6.07) is 12.0. The first kappa shape index (κ1) is 58.4. The van der Waals surface area contributed by atoms with Gasteiger partial charge in [0, 0.05) is 77.7 Å². The second kappa shape index (κ2) is 24.8. The average Bonchev–Trinajstić information content (AvgIpc) is 3.96. The molecule has 0 spiro atoms. The van der Waals surface area contributed by atoms with E-state index < -0.39 is 96.0 Å². The number of fused-ring (bicyclic) bond motifs is 6. The summed E-state index contributed by atoms with van der Waals surface area (Å²) >= 11 is 6.80. The number of hydrazine groups is 1. The number of aryl methyl sites for hydroxylation is 1. The number of halogens is 1. The van der Waals surface area contributed by atoms with Crippen LogP contribution in [0.1, 0.15) is 71.1 Å². The Morgan fingerprint density at radius 1 is 1.07 bits per heavy atom. The molecule has 0 radical (unpaired) electrons. The lowest BCUT2D eigenvalue weighted by Crippen LogP contribution is -2.63. The highest BCUT2D eigenvalue weighted by Crippen LogP contribution is 2.49. The van der Waals surface area contributed by atoms with Crippen molar-refractivity contribution in [3.63, 3.8) is 0 Å². The number of nitrogens with zero attached hydrogens (tertiary/aromatic N) is 4. The number of hydrogen-bond donors (Lipinski definition) is 6. The lowest BCUT2D eigenvalue weighted by molar-refractivity contribution is -0.165. The quantitative estimate of drug-likeness (QED) is 0.0462. The molecule has 2 fully saturated rings. The topological polar surface area (TPSA) is 263 Å². The summed E-state index contributed by atoms with van der Waals surface area (Å²) in [4.78, 5) is 83.1. The number of aliphatic hydroxyl groups excluding tert-OH is 2. The molecule has 4 bridgehead atoms. The van der Waals surface area contributed by atoms with Gasteiger partial charge in [-0.2, -0.15) is 0 Å². The van der Waals surface area contributed by atoms with E-state index in [2.05, 4.69) is 26.7 Å². The highest BCUT2D eigenvalue weighted by atomic mass is 35.5. The van der Waals surface area contributed by atoms with Crippen molar-refractivity contribution in [3.8, 4) is 5.75 Å². The number of ether oxygens (including phenoxy) is 5. The lowest BCUT2D eigenvalue weighted by atomic mass is 9.83. The molecule has 2 aromatic carbocycles. The molecule has 2 saturated heterocycles. The number of esters is 1. The number of Topliss-reactive ketones (excluding diaryl/α,β-unsaturated/α-hetero) is 1. The van der Waals surface area contributed by atoms with Gasteiger partial charge in [0.05, 0.1) is 31.9 Å². The number of methoxy groups -OCH3 is 2. The van der Waals surface area contributed by atoms with Crippen LogP contribution in [0, 0.1) is 5.92 Å². The Morgan fingerprint density at radius 3 is 2.48 bits per heavy atom. The molecule has 21 nitrogen and oxygen atoms in total. The Kier molecular flexibility index (Phi) is 19.3. The van der Waals surface area contributed by atoms with Gasteiger partial charge in [-0.3, -0.25) is 29.9 Å². The molecule has 3 aromatic rings. The smallest absolute Gasteiger partial charge is 0.409 e. The fourth-order valence-electron chi connectivity index (χ4n) is 9.64. The van der Waals surface area contributed by atoms with Crippen molar-refractivity contribution < 1.29 is 67.8 Å². The van der Waals surface area contributed by atoms with E-state index in [4.69, 9.17) is 35.3 Å². The lowest BCUT2D eigenvalue weighted by Gasteiger charge is -2.42. The summed E-state index contributed by atoms with van der Waals surface area (Å²) < 4.78 is 31.3. The Bertz CT molecular complexity index is 2660. The maximum atomic E-state index is 14.4. The van der Waals surface area contributed by atoms with Crippen LogP contribution in [-0.2, 0) is 62.4 Å². The van der Waals surface area contributed by atoms with Gasteiger partial charge >= 0.3 is 12.1 Å². The number of hydrogen-bond acceptors (Lipinski definition) is 16. The van der Waals surface area contributed by atoms with Gasteiger partial charge in [-0.1, -0.05) is 60.5 Å². The maximum absolute atomic E-state index is 14.4. The zero-order chi connectivity index (χ0) is 55.1. The molecular formula is C53H72ClN7O14. The van der Waals surface area contributed by atoms with Gasteiger partial charge in [-0.05, 0) is 75.9 Å². The van der Waals surface area contributed by atoms with Crippen molar-refractivity contribution in [1.29, 1.82) is 0 Å². The number of allylic oxidation sites excluding steroid dienone is 3. The van der Waals surface area contributed by atoms with E-state index in [-0.39, 0.29) is 43.2 Å². The Hall–Kier alpha value is -5.91. The number of rotatable bonds is 18. The molecule has 75 heavy (non-hydrogen) atoms. The molecule has 1 aromatic heterocycles. The largest absolute Gasteiger partial charge is 0.495 e. The number of aliphatic hydroxyl groups is 3. The van der Waals surface area contributed by atoms with Gasteiger partial charge in [0.15, 0.2) is 17.6 Å². The van der Waals surface area contributed by atoms with Gasteiger partial charge in [-0.25, -0.2) is 14.6 Å². The van der Waals surface area contributed by atoms with Crippen LogP contribution in [0.5, 0.6) is 5.75 Å². The van der Waals surface area contributed by atoms with Crippen molar-refractivity contribution >= 4 is 63.8 Å². The van der Waals surface area contributed by atoms with E-state index in [1.807, 2.05) is 56.4 Å². The van der Waals surface area contributed by atoms with Crippen LogP contribution >= 0.6 is 11.6 Å². The zero-order valence-corrected chi connectivity index (χ0v) is 45.0. The minimum absolute atomic E-state index is 0.0929. The number of nitrogens with one attached hydrogen (secondary N) is 3. The predicted molar refractivity (Wildman–Crippen MR) is 277 cm³/mol. The number of likely N-dealkylation sites (N-methyl/N-ethyl adjacent to an activating group) is 1. The highest BCUT2D eigenvalue weighted by Gasteiger charge is 2.64. The van der Waals surface area contributed by atoms with Gasteiger partial charge < -0.3 is 58.7 Å². The van der Waals surface area contributed by atoms with E-state index in [1.54, 1.807) is 38.1 Å². The Labute approximate surface area is 442 Å². The second-order valence-corrected chi connectivity index (χ2v) is 20.2.